The van der Waals surface area contributed by atoms with Crippen molar-refractivity contribution in [2.75, 3.05) is 5.32 Å². The lowest BCUT2D eigenvalue weighted by Crippen LogP contribution is -2.15. The molecule has 0 unspecified atom stereocenters. The molecule has 0 spiro atoms. The van der Waals surface area contributed by atoms with Crippen molar-refractivity contribution >= 4 is 11.5 Å². The van der Waals surface area contributed by atoms with Gasteiger partial charge in [-0.15, -0.1) is 0 Å². The van der Waals surface area contributed by atoms with E-state index in [1.165, 1.54) is 5.56 Å². The van der Waals surface area contributed by atoms with Crippen molar-refractivity contribution in [2.45, 2.75) is 32.4 Å². The van der Waals surface area contributed by atoms with E-state index in [1.54, 1.807) is 0 Å². The molecule has 3 aromatic carbocycles. The zero-order chi connectivity index (χ0) is 18.5. The Balaban J connectivity index is 1.62. The van der Waals surface area contributed by atoms with Gasteiger partial charge in [-0.1, -0.05) is 60.7 Å². The Kier molecular flexibility index (Phi) is 5.20. The number of nitrogens with one attached hydrogen (secondary N) is 1. The van der Waals surface area contributed by atoms with E-state index in [1.807, 2.05) is 48.5 Å². The molecule has 0 saturated carbocycles. The van der Waals surface area contributed by atoms with Crippen LogP contribution in [-0.2, 0) is 19.6 Å². The molecule has 0 aliphatic heterocycles. The van der Waals surface area contributed by atoms with Gasteiger partial charge < -0.3 is 10.1 Å². The molecule has 136 valence electrons. The van der Waals surface area contributed by atoms with Crippen LogP contribution in [-0.4, -0.2) is 5.78 Å². The Morgan fingerprint density at radius 3 is 2.26 bits per heavy atom. The Morgan fingerprint density at radius 1 is 0.815 bits per heavy atom. The fourth-order valence-electron chi connectivity index (χ4n) is 3.54. The van der Waals surface area contributed by atoms with Crippen LogP contribution in [0, 0.1) is 0 Å². The second-order valence-electron chi connectivity index (χ2n) is 6.85. The summed E-state index contributed by atoms with van der Waals surface area (Å²) in [4.78, 5) is 12.3. The van der Waals surface area contributed by atoms with E-state index < -0.39 is 0 Å². The first-order valence-corrected chi connectivity index (χ1v) is 9.45. The quantitative estimate of drug-likeness (QED) is 0.642. The summed E-state index contributed by atoms with van der Waals surface area (Å²) < 4.78 is 6.14. The van der Waals surface area contributed by atoms with Gasteiger partial charge in [-0.05, 0) is 41.7 Å². The number of ketones is 1. The van der Waals surface area contributed by atoms with E-state index in [-0.39, 0.29) is 5.78 Å². The number of fused-ring (bicyclic) bond motifs is 1. The van der Waals surface area contributed by atoms with Gasteiger partial charge in [0.1, 0.15) is 12.4 Å². The molecule has 1 aliphatic carbocycles. The molecule has 1 N–H and O–H groups in total. The summed E-state index contributed by atoms with van der Waals surface area (Å²) in [7, 11) is 0. The van der Waals surface area contributed by atoms with E-state index in [0.717, 1.165) is 41.0 Å². The van der Waals surface area contributed by atoms with E-state index in [4.69, 9.17) is 4.74 Å². The lowest BCUT2D eigenvalue weighted by atomic mass is 9.89. The summed E-state index contributed by atoms with van der Waals surface area (Å²) in [5.74, 6) is 1.04. The molecule has 0 fully saturated rings. The number of rotatable bonds is 6. The molecule has 0 saturated heterocycles. The van der Waals surface area contributed by atoms with Crippen LogP contribution in [0.2, 0.25) is 0 Å². The molecule has 0 aromatic heterocycles. The number of carbonyl (C=O) groups excluding carboxylic acids is 1. The highest BCUT2D eigenvalue weighted by molar-refractivity contribution is 6.00. The number of ether oxygens (including phenoxy) is 1. The van der Waals surface area contributed by atoms with Gasteiger partial charge >= 0.3 is 0 Å². The molecule has 0 amide bonds. The highest BCUT2D eigenvalue weighted by Crippen LogP contribution is 2.36. The minimum Gasteiger partial charge on any atom is -0.487 e. The largest absolute Gasteiger partial charge is 0.487 e. The van der Waals surface area contributed by atoms with E-state index in [2.05, 4.69) is 29.6 Å². The number of Topliss-reactive ketones (excluding diaryl/α,β-unsaturated/α-hetero) is 1. The van der Waals surface area contributed by atoms with Crippen LogP contribution < -0.4 is 10.1 Å². The molecule has 4 rings (SSSR count). The maximum atomic E-state index is 12.3. The number of hydrogen-bond donors (Lipinski definition) is 1. The summed E-state index contributed by atoms with van der Waals surface area (Å²) >= 11 is 0. The van der Waals surface area contributed by atoms with Gasteiger partial charge in [0, 0.05) is 18.5 Å². The third-order valence-corrected chi connectivity index (χ3v) is 4.95. The number of hydrogen-bond acceptors (Lipinski definition) is 3. The monoisotopic (exact) mass is 357 g/mol. The van der Waals surface area contributed by atoms with Crippen molar-refractivity contribution in [3.05, 3.63) is 95.1 Å². The van der Waals surface area contributed by atoms with Crippen LogP contribution in [0.5, 0.6) is 5.75 Å². The number of carbonyl (C=O) groups is 1. The average molecular weight is 357 g/mol. The van der Waals surface area contributed by atoms with Crippen LogP contribution in [0.15, 0.2) is 72.8 Å². The Bertz CT molecular complexity index is 920. The smallest absolute Gasteiger partial charge is 0.163 e. The summed E-state index contributed by atoms with van der Waals surface area (Å²) in [6.45, 7) is 1.21. The SMILES string of the molecule is O=C1CCCc2c1ccc(OCc1ccccc1)c2NCc1ccccc1. The zero-order valence-electron chi connectivity index (χ0n) is 15.3. The Morgan fingerprint density at radius 2 is 1.52 bits per heavy atom. The minimum absolute atomic E-state index is 0.230. The maximum absolute atomic E-state index is 12.3. The van der Waals surface area contributed by atoms with Crippen LogP contribution >= 0.6 is 0 Å². The molecule has 0 heterocycles. The normalized spacial score (nSPS) is 13.1. The number of anilines is 1. The standard InChI is InChI=1S/C24H23NO2/c26-22-13-7-12-21-20(22)14-15-23(27-17-19-10-5-2-6-11-19)24(21)25-16-18-8-3-1-4-9-18/h1-6,8-11,14-15,25H,7,12-13,16-17H2. The predicted molar refractivity (Wildman–Crippen MR) is 108 cm³/mol. The Hall–Kier alpha value is -3.07. The maximum Gasteiger partial charge on any atom is 0.163 e. The molecule has 0 atom stereocenters. The number of benzene rings is 3. The van der Waals surface area contributed by atoms with Crippen LogP contribution in [0.4, 0.5) is 5.69 Å². The molecule has 3 nitrogen and oxygen atoms in total. The summed E-state index contributed by atoms with van der Waals surface area (Å²) in [6, 6.07) is 24.3. The highest BCUT2D eigenvalue weighted by Gasteiger charge is 2.22. The van der Waals surface area contributed by atoms with Crippen LogP contribution in [0.25, 0.3) is 0 Å². The van der Waals surface area contributed by atoms with Gasteiger partial charge in [-0.3, -0.25) is 4.79 Å². The first-order chi connectivity index (χ1) is 13.3. The third kappa shape index (κ3) is 4.03. The summed E-state index contributed by atoms with van der Waals surface area (Å²) in [5, 5.41) is 3.54. The predicted octanol–water partition coefficient (Wildman–Crippen LogP) is 5.40. The van der Waals surface area contributed by atoms with Crippen molar-refractivity contribution in [3.8, 4) is 5.75 Å². The molecular formula is C24H23NO2. The van der Waals surface area contributed by atoms with Crippen molar-refractivity contribution < 1.29 is 9.53 Å². The molecule has 3 heteroatoms. The van der Waals surface area contributed by atoms with Gasteiger partial charge in [0.2, 0.25) is 0 Å². The fraction of sp³-hybridized carbons (Fsp3) is 0.208. The van der Waals surface area contributed by atoms with Crippen molar-refractivity contribution in [1.29, 1.82) is 0 Å². The van der Waals surface area contributed by atoms with Gasteiger partial charge in [-0.25, -0.2) is 0 Å². The van der Waals surface area contributed by atoms with E-state index >= 15 is 0 Å². The first kappa shape index (κ1) is 17.3. The van der Waals surface area contributed by atoms with E-state index in [0.29, 0.717) is 19.6 Å². The van der Waals surface area contributed by atoms with E-state index in [9.17, 15) is 4.79 Å². The summed E-state index contributed by atoms with van der Waals surface area (Å²) in [6.07, 6.45) is 2.43. The second kappa shape index (κ2) is 8.09. The molecule has 3 aromatic rings. The zero-order valence-corrected chi connectivity index (χ0v) is 15.3. The molecule has 0 bridgehead atoms. The van der Waals surface area contributed by atoms with Gasteiger partial charge in [0.05, 0.1) is 5.69 Å². The van der Waals surface area contributed by atoms with Crippen molar-refractivity contribution in [1.82, 2.24) is 0 Å². The lowest BCUT2D eigenvalue weighted by molar-refractivity contribution is 0.0972. The van der Waals surface area contributed by atoms with Gasteiger partial charge in [-0.2, -0.15) is 0 Å². The third-order valence-electron chi connectivity index (χ3n) is 4.95. The molecule has 1 aliphatic rings. The van der Waals surface area contributed by atoms with Crippen molar-refractivity contribution in [3.63, 3.8) is 0 Å². The molecule has 0 radical (unpaired) electrons. The topological polar surface area (TPSA) is 38.3 Å². The first-order valence-electron chi connectivity index (χ1n) is 9.45. The average Bonchev–Trinajstić information content (AvgIpc) is 2.72. The minimum atomic E-state index is 0.230. The lowest BCUT2D eigenvalue weighted by Gasteiger charge is -2.22. The van der Waals surface area contributed by atoms with Gasteiger partial charge in [0.15, 0.2) is 5.78 Å². The molecule has 27 heavy (non-hydrogen) atoms. The second-order valence-corrected chi connectivity index (χ2v) is 6.85. The van der Waals surface area contributed by atoms with Crippen LogP contribution in [0.1, 0.15) is 39.9 Å². The van der Waals surface area contributed by atoms with Crippen molar-refractivity contribution in [2.24, 2.45) is 0 Å². The molecular weight excluding hydrogens is 334 g/mol. The summed E-state index contributed by atoms with van der Waals surface area (Å²) in [5.41, 5.74) is 5.21. The van der Waals surface area contributed by atoms with Crippen LogP contribution in [0.3, 0.4) is 0 Å². The van der Waals surface area contributed by atoms with Gasteiger partial charge in [0.25, 0.3) is 0 Å². The fourth-order valence-corrected chi connectivity index (χ4v) is 3.54. The highest BCUT2D eigenvalue weighted by atomic mass is 16.5. The Labute approximate surface area is 160 Å².